The lowest BCUT2D eigenvalue weighted by Crippen LogP contribution is -2.27. The van der Waals surface area contributed by atoms with Crippen LogP contribution in [0, 0.1) is 11.3 Å². The Kier molecular flexibility index (Phi) is 3.31. The van der Waals surface area contributed by atoms with Crippen molar-refractivity contribution >= 4 is 5.65 Å². The molecule has 2 aromatic rings. The molecule has 0 atom stereocenters. The molecule has 0 saturated heterocycles. The van der Waals surface area contributed by atoms with Gasteiger partial charge in [-0.2, -0.15) is 0 Å². The zero-order valence-electron chi connectivity index (χ0n) is 13.3. The first kappa shape index (κ1) is 14.0. The van der Waals surface area contributed by atoms with Crippen LogP contribution in [0.5, 0.6) is 0 Å². The first-order valence-electron chi connectivity index (χ1n) is 8.64. The van der Waals surface area contributed by atoms with Crippen molar-refractivity contribution in [2.45, 2.75) is 64.8 Å². The van der Waals surface area contributed by atoms with E-state index in [-0.39, 0.29) is 5.56 Å². The highest BCUT2D eigenvalue weighted by atomic mass is 16.1. The van der Waals surface area contributed by atoms with Crippen molar-refractivity contribution in [2.75, 3.05) is 0 Å². The van der Waals surface area contributed by atoms with Gasteiger partial charge in [0.25, 0.3) is 5.56 Å². The van der Waals surface area contributed by atoms with Gasteiger partial charge in [0, 0.05) is 25.4 Å². The molecule has 5 heteroatoms. The second-order valence-electron chi connectivity index (χ2n) is 7.26. The Hall–Kier alpha value is -1.65. The third-order valence-electron chi connectivity index (χ3n) is 5.67. The minimum Gasteiger partial charge on any atom is -0.311 e. The van der Waals surface area contributed by atoms with Gasteiger partial charge < -0.3 is 4.57 Å². The molecule has 5 nitrogen and oxygen atoms in total. The molecule has 0 amide bonds. The van der Waals surface area contributed by atoms with Crippen molar-refractivity contribution in [3.05, 3.63) is 28.6 Å². The second-order valence-corrected chi connectivity index (χ2v) is 7.26. The number of rotatable bonds is 4. The zero-order chi connectivity index (χ0) is 15.2. The van der Waals surface area contributed by atoms with Crippen LogP contribution in [0.25, 0.3) is 5.65 Å². The number of aromatic nitrogens is 4. The van der Waals surface area contributed by atoms with Crippen molar-refractivity contribution in [1.29, 1.82) is 0 Å². The molecule has 0 unspecified atom stereocenters. The van der Waals surface area contributed by atoms with Gasteiger partial charge in [0.1, 0.15) is 5.82 Å². The minimum absolute atomic E-state index is 0.00376. The number of nitrogens with zero attached hydrogens (tertiary/aromatic N) is 4. The van der Waals surface area contributed by atoms with Crippen LogP contribution in [0.15, 0.2) is 17.2 Å². The molecule has 4 rings (SSSR count). The van der Waals surface area contributed by atoms with E-state index < -0.39 is 0 Å². The molecule has 0 radical (unpaired) electrons. The SMILES string of the molecule is CCCc1nnc2c(=O)n(CC3CCC4(CC3)CC4)ccn12. The third-order valence-corrected chi connectivity index (χ3v) is 5.67. The maximum absolute atomic E-state index is 12.6. The standard InChI is InChI=1S/C17H24N4O/c1-2-3-14-18-19-15-16(22)20(10-11-21(14)15)12-13-4-6-17(7-5-13)8-9-17/h10-11,13H,2-9,12H2,1H3. The highest BCUT2D eigenvalue weighted by Gasteiger charge is 2.44. The van der Waals surface area contributed by atoms with Crippen LogP contribution in [0.4, 0.5) is 0 Å². The molecule has 2 aliphatic carbocycles. The molecule has 2 aliphatic rings. The van der Waals surface area contributed by atoms with Gasteiger partial charge in [0.05, 0.1) is 0 Å². The third kappa shape index (κ3) is 2.36. The van der Waals surface area contributed by atoms with Crippen molar-refractivity contribution in [3.8, 4) is 0 Å². The van der Waals surface area contributed by atoms with E-state index in [0.717, 1.165) is 25.2 Å². The molecular weight excluding hydrogens is 276 g/mol. The van der Waals surface area contributed by atoms with Crippen molar-refractivity contribution < 1.29 is 0 Å². The van der Waals surface area contributed by atoms with E-state index in [1.165, 1.54) is 38.5 Å². The molecule has 2 fully saturated rings. The highest BCUT2D eigenvalue weighted by Crippen LogP contribution is 2.57. The molecule has 0 bridgehead atoms. The fourth-order valence-corrected chi connectivity index (χ4v) is 3.93. The summed E-state index contributed by atoms with van der Waals surface area (Å²) in [6.45, 7) is 2.94. The largest absolute Gasteiger partial charge is 0.311 e. The Morgan fingerprint density at radius 2 is 1.95 bits per heavy atom. The Morgan fingerprint density at radius 3 is 2.64 bits per heavy atom. The molecule has 0 aliphatic heterocycles. The summed E-state index contributed by atoms with van der Waals surface area (Å²) in [6, 6.07) is 0. The summed E-state index contributed by atoms with van der Waals surface area (Å²) < 4.78 is 3.69. The van der Waals surface area contributed by atoms with Gasteiger partial charge in [-0.15, -0.1) is 10.2 Å². The molecule has 2 heterocycles. The van der Waals surface area contributed by atoms with Gasteiger partial charge in [-0.1, -0.05) is 6.92 Å². The van der Waals surface area contributed by atoms with E-state index in [9.17, 15) is 4.79 Å². The van der Waals surface area contributed by atoms with E-state index in [2.05, 4.69) is 17.1 Å². The van der Waals surface area contributed by atoms with Gasteiger partial charge in [-0.25, -0.2) is 0 Å². The summed E-state index contributed by atoms with van der Waals surface area (Å²) >= 11 is 0. The summed E-state index contributed by atoms with van der Waals surface area (Å²) in [4.78, 5) is 12.6. The number of hydrogen-bond acceptors (Lipinski definition) is 3. The molecule has 1 spiro atoms. The van der Waals surface area contributed by atoms with Gasteiger partial charge in [-0.3, -0.25) is 9.20 Å². The number of fused-ring (bicyclic) bond motifs is 1. The Balaban J connectivity index is 1.54. The zero-order valence-corrected chi connectivity index (χ0v) is 13.3. The van der Waals surface area contributed by atoms with E-state index in [4.69, 9.17) is 0 Å². The van der Waals surface area contributed by atoms with E-state index in [1.54, 1.807) is 0 Å². The van der Waals surface area contributed by atoms with Crippen LogP contribution in [0.2, 0.25) is 0 Å². The van der Waals surface area contributed by atoms with Crippen LogP contribution in [0.1, 0.15) is 57.7 Å². The van der Waals surface area contributed by atoms with E-state index in [1.807, 2.05) is 21.4 Å². The van der Waals surface area contributed by atoms with Crippen molar-refractivity contribution in [1.82, 2.24) is 19.2 Å². The van der Waals surface area contributed by atoms with Crippen molar-refractivity contribution in [2.24, 2.45) is 11.3 Å². The maximum Gasteiger partial charge on any atom is 0.296 e. The van der Waals surface area contributed by atoms with Crippen LogP contribution in [-0.4, -0.2) is 19.2 Å². The van der Waals surface area contributed by atoms with Gasteiger partial charge in [0.15, 0.2) is 0 Å². The lowest BCUT2D eigenvalue weighted by atomic mass is 9.80. The molecule has 0 N–H and O–H groups in total. The maximum atomic E-state index is 12.6. The lowest BCUT2D eigenvalue weighted by Gasteiger charge is -2.28. The molecule has 0 aromatic carbocycles. The average Bonchev–Trinajstić information content (AvgIpc) is 3.16. The Labute approximate surface area is 130 Å². The van der Waals surface area contributed by atoms with Crippen molar-refractivity contribution in [3.63, 3.8) is 0 Å². The summed E-state index contributed by atoms with van der Waals surface area (Å²) in [7, 11) is 0. The van der Waals surface area contributed by atoms with Gasteiger partial charge >= 0.3 is 0 Å². The molecule has 2 aromatic heterocycles. The topological polar surface area (TPSA) is 52.2 Å². The van der Waals surface area contributed by atoms with Crippen LogP contribution >= 0.6 is 0 Å². The monoisotopic (exact) mass is 300 g/mol. The van der Waals surface area contributed by atoms with Crippen LogP contribution in [-0.2, 0) is 13.0 Å². The van der Waals surface area contributed by atoms with Gasteiger partial charge in [-0.05, 0) is 56.3 Å². The normalized spacial score (nSPS) is 20.8. The fourth-order valence-electron chi connectivity index (χ4n) is 3.93. The molecule has 118 valence electrons. The molecule has 2 saturated carbocycles. The lowest BCUT2D eigenvalue weighted by molar-refractivity contribution is 0.235. The van der Waals surface area contributed by atoms with Crippen LogP contribution in [0.3, 0.4) is 0 Å². The quantitative estimate of drug-likeness (QED) is 0.872. The molecular formula is C17H24N4O. The fraction of sp³-hybridized carbons (Fsp3) is 0.706. The molecule has 22 heavy (non-hydrogen) atoms. The smallest absolute Gasteiger partial charge is 0.296 e. The number of aryl methyl sites for hydroxylation is 1. The first-order chi connectivity index (χ1) is 10.7. The average molecular weight is 300 g/mol. The Bertz CT molecular complexity index is 731. The Morgan fingerprint density at radius 1 is 1.18 bits per heavy atom. The highest BCUT2D eigenvalue weighted by molar-refractivity contribution is 5.34. The first-order valence-corrected chi connectivity index (χ1v) is 8.64. The second kappa shape index (κ2) is 5.21. The summed E-state index contributed by atoms with van der Waals surface area (Å²) in [5.41, 5.74) is 1.19. The van der Waals surface area contributed by atoms with Gasteiger partial charge in [0.2, 0.25) is 5.65 Å². The van der Waals surface area contributed by atoms with E-state index in [0.29, 0.717) is 17.0 Å². The van der Waals surface area contributed by atoms with Crippen LogP contribution < -0.4 is 5.56 Å². The number of hydrogen-bond donors (Lipinski definition) is 0. The summed E-state index contributed by atoms with van der Waals surface area (Å²) in [5, 5.41) is 8.26. The summed E-state index contributed by atoms with van der Waals surface area (Å²) in [6.07, 6.45) is 13.9. The summed E-state index contributed by atoms with van der Waals surface area (Å²) in [5.74, 6) is 1.53. The minimum atomic E-state index is 0.00376. The predicted octanol–water partition coefficient (Wildman–Crippen LogP) is 2.81. The van der Waals surface area contributed by atoms with E-state index >= 15 is 0 Å². The predicted molar refractivity (Wildman–Crippen MR) is 84.9 cm³/mol.